The molecule has 0 spiro atoms. The Balaban J connectivity index is 1.83. The molecule has 0 N–H and O–H groups in total. The quantitative estimate of drug-likeness (QED) is 0.729. The van der Waals surface area contributed by atoms with Crippen molar-refractivity contribution in [3.63, 3.8) is 0 Å². The maximum atomic E-state index is 12.4. The van der Waals surface area contributed by atoms with Crippen molar-refractivity contribution in [2.45, 2.75) is 39.2 Å². The standard InChI is InChI=1S/C20H29NO6/c1-20(2,3)27-19(23)21-10-8-14(9-11-21)13-26-18(22)16-7-6-15(24-4)12-17(16)25-5/h6-7,12,14H,8-11,13H2,1-5H3. The number of carbonyl (C=O) groups is 2. The molecule has 2 rings (SSSR count). The lowest BCUT2D eigenvalue weighted by Gasteiger charge is -2.33. The zero-order valence-corrected chi connectivity index (χ0v) is 16.7. The van der Waals surface area contributed by atoms with Crippen LogP contribution in [0.3, 0.4) is 0 Å². The molecule has 1 fully saturated rings. The zero-order chi connectivity index (χ0) is 20.0. The summed E-state index contributed by atoms with van der Waals surface area (Å²) in [5.74, 6) is 0.818. The molecule has 1 heterocycles. The Morgan fingerprint density at radius 3 is 2.33 bits per heavy atom. The number of nitrogens with zero attached hydrogens (tertiary/aromatic N) is 1. The topological polar surface area (TPSA) is 74.3 Å². The Morgan fingerprint density at radius 2 is 1.78 bits per heavy atom. The molecule has 0 unspecified atom stereocenters. The van der Waals surface area contributed by atoms with Crippen molar-refractivity contribution < 1.29 is 28.5 Å². The van der Waals surface area contributed by atoms with Crippen LogP contribution in [0, 0.1) is 5.92 Å². The molecule has 1 saturated heterocycles. The molecule has 7 nitrogen and oxygen atoms in total. The number of hydrogen-bond donors (Lipinski definition) is 0. The number of amides is 1. The second-order valence-electron chi connectivity index (χ2n) is 7.58. The number of rotatable bonds is 5. The Morgan fingerprint density at radius 1 is 1.11 bits per heavy atom. The van der Waals surface area contributed by atoms with Crippen LogP contribution in [-0.2, 0) is 9.47 Å². The van der Waals surface area contributed by atoms with E-state index in [1.165, 1.54) is 7.11 Å². The van der Waals surface area contributed by atoms with Crippen LogP contribution in [-0.4, -0.2) is 56.5 Å². The average molecular weight is 379 g/mol. The first-order chi connectivity index (χ1) is 12.7. The van der Waals surface area contributed by atoms with E-state index in [9.17, 15) is 9.59 Å². The molecule has 0 saturated carbocycles. The molecular formula is C20H29NO6. The minimum absolute atomic E-state index is 0.219. The van der Waals surface area contributed by atoms with Crippen LogP contribution in [0.1, 0.15) is 44.0 Å². The Labute approximate surface area is 160 Å². The lowest BCUT2D eigenvalue weighted by molar-refractivity contribution is 0.0114. The van der Waals surface area contributed by atoms with Gasteiger partial charge in [-0.25, -0.2) is 9.59 Å². The van der Waals surface area contributed by atoms with Gasteiger partial charge >= 0.3 is 12.1 Å². The van der Waals surface area contributed by atoms with Crippen LogP contribution in [0.15, 0.2) is 18.2 Å². The predicted octanol–water partition coefficient (Wildman–Crippen LogP) is 3.51. The first-order valence-electron chi connectivity index (χ1n) is 9.10. The van der Waals surface area contributed by atoms with Gasteiger partial charge in [-0.05, 0) is 51.7 Å². The summed E-state index contributed by atoms with van der Waals surface area (Å²) in [6.07, 6.45) is 1.25. The Bertz CT molecular complexity index is 659. The maximum absolute atomic E-state index is 12.4. The first-order valence-corrected chi connectivity index (χ1v) is 9.10. The second-order valence-corrected chi connectivity index (χ2v) is 7.58. The molecule has 0 radical (unpaired) electrons. The van der Waals surface area contributed by atoms with Crippen molar-refractivity contribution in [1.82, 2.24) is 4.90 Å². The Kier molecular flexibility index (Phi) is 6.93. The summed E-state index contributed by atoms with van der Waals surface area (Å²) in [5.41, 5.74) is -0.134. The normalized spacial score (nSPS) is 15.2. The molecular weight excluding hydrogens is 350 g/mol. The number of ether oxygens (including phenoxy) is 4. The van der Waals surface area contributed by atoms with Gasteiger partial charge in [0.1, 0.15) is 22.7 Å². The highest BCUT2D eigenvalue weighted by Gasteiger charge is 2.27. The van der Waals surface area contributed by atoms with E-state index in [2.05, 4.69) is 0 Å². The van der Waals surface area contributed by atoms with Gasteiger partial charge in [-0.15, -0.1) is 0 Å². The average Bonchev–Trinajstić information content (AvgIpc) is 2.64. The predicted molar refractivity (Wildman–Crippen MR) is 100 cm³/mol. The summed E-state index contributed by atoms with van der Waals surface area (Å²) in [6, 6.07) is 4.97. The molecule has 1 aliphatic rings. The van der Waals surface area contributed by atoms with Crippen LogP contribution in [0.5, 0.6) is 11.5 Å². The number of methoxy groups -OCH3 is 2. The van der Waals surface area contributed by atoms with Crippen LogP contribution in [0.2, 0.25) is 0 Å². The van der Waals surface area contributed by atoms with E-state index in [1.54, 1.807) is 30.2 Å². The molecule has 1 aromatic rings. The first kappa shape index (κ1) is 20.9. The SMILES string of the molecule is COc1ccc(C(=O)OCC2CCN(C(=O)OC(C)(C)C)CC2)c(OC)c1. The monoisotopic (exact) mass is 379 g/mol. The molecule has 150 valence electrons. The lowest BCUT2D eigenvalue weighted by atomic mass is 9.98. The molecule has 0 bridgehead atoms. The number of piperidine rings is 1. The van der Waals surface area contributed by atoms with Crippen molar-refractivity contribution >= 4 is 12.1 Å². The molecule has 1 aromatic carbocycles. The fraction of sp³-hybridized carbons (Fsp3) is 0.600. The summed E-state index contributed by atoms with van der Waals surface area (Å²) in [7, 11) is 3.05. The van der Waals surface area contributed by atoms with Gasteiger partial charge in [0.2, 0.25) is 0 Å². The van der Waals surface area contributed by atoms with Gasteiger partial charge < -0.3 is 23.8 Å². The van der Waals surface area contributed by atoms with Crippen molar-refractivity contribution in [2.75, 3.05) is 33.9 Å². The van der Waals surface area contributed by atoms with Gasteiger partial charge in [-0.1, -0.05) is 0 Å². The third-order valence-electron chi connectivity index (χ3n) is 4.34. The lowest BCUT2D eigenvalue weighted by Crippen LogP contribution is -2.42. The van der Waals surface area contributed by atoms with Crippen molar-refractivity contribution in [1.29, 1.82) is 0 Å². The van der Waals surface area contributed by atoms with Crippen molar-refractivity contribution in [3.05, 3.63) is 23.8 Å². The molecule has 1 aliphatic heterocycles. The summed E-state index contributed by atoms with van der Waals surface area (Å²) in [4.78, 5) is 26.2. The van der Waals surface area contributed by atoms with Crippen molar-refractivity contribution in [3.8, 4) is 11.5 Å². The number of likely N-dealkylation sites (tertiary alicyclic amines) is 1. The number of hydrogen-bond acceptors (Lipinski definition) is 6. The summed E-state index contributed by atoms with van der Waals surface area (Å²) in [6.45, 7) is 7.07. The van der Waals surface area contributed by atoms with Crippen LogP contribution in [0.4, 0.5) is 4.79 Å². The zero-order valence-electron chi connectivity index (χ0n) is 16.7. The number of benzene rings is 1. The summed E-state index contributed by atoms with van der Waals surface area (Å²) < 4.78 is 21.2. The highest BCUT2D eigenvalue weighted by atomic mass is 16.6. The summed E-state index contributed by atoms with van der Waals surface area (Å²) >= 11 is 0. The second kappa shape index (κ2) is 8.97. The third-order valence-corrected chi connectivity index (χ3v) is 4.34. The van der Waals surface area contributed by atoms with E-state index in [-0.39, 0.29) is 12.0 Å². The highest BCUT2D eigenvalue weighted by molar-refractivity contribution is 5.92. The minimum atomic E-state index is -0.499. The van der Waals surface area contributed by atoms with E-state index >= 15 is 0 Å². The molecule has 1 amide bonds. The van der Waals surface area contributed by atoms with Gasteiger partial charge in [0.05, 0.1) is 20.8 Å². The maximum Gasteiger partial charge on any atom is 0.410 e. The third kappa shape index (κ3) is 6.05. The van der Waals surface area contributed by atoms with Crippen LogP contribution >= 0.6 is 0 Å². The molecule has 0 aromatic heterocycles. The van der Waals surface area contributed by atoms with E-state index < -0.39 is 11.6 Å². The van der Waals surface area contributed by atoms with Gasteiger partial charge in [0.25, 0.3) is 0 Å². The van der Waals surface area contributed by atoms with E-state index in [0.29, 0.717) is 36.8 Å². The van der Waals surface area contributed by atoms with Crippen LogP contribution < -0.4 is 9.47 Å². The summed E-state index contributed by atoms with van der Waals surface area (Å²) in [5, 5.41) is 0. The van der Waals surface area contributed by atoms with E-state index in [1.807, 2.05) is 20.8 Å². The van der Waals surface area contributed by atoms with Crippen LogP contribution in [0.25, 0.3) is 0 Å². The Hall–Kier alpha value is -2.44. The fourth-order valence-corrected chi connectivity index (χ4v) is 2.85. The van der Waals surface area contributed by atoms with Gasteiger partial charge in [-0.3, -0.25) is 0 Å². The molecule has 7 heteroatoms. The van der Waals surface area contributed by atoms with E-state index in [4.69, 9.17) is 18.9 Å². The van der Waals surface area contributed by atoms with Gasteiger partial charge in [0.15, 0.2) is 0 Å². The number of esters is 1. The molecule has 0 atom stereocenters. The molecule has 0 aliphatic carbocycles. The van der Waals surface area contributed by atoms with Gasteiger partial charge in [-0.2, -0.15) is 0 Å². The largest absolute Gasteiger partial charge is 0.497 e. The van der Waals surface area contributed by atoms with Crippen molar-refractivity contribution in [2.24, 2.45) is 5.92 Å². The highest BCUT2D eigenvalue weighted by Crippen LogP contribution is 2.26. The number of carbonyl (C=O) groups excluding carboxylic acids is 2. The smallest absolute Gasteiger partial charge is 0.410 e. The minimum Gasteiger partial charge on any atom is -0.497 e. The van der Waals surface area contributed by atoms with Gasteiger partial charge in [0, 0.05) is 19.2 Å². The fourth-order valence-electron chi connectivity index (χ4n) is 2.85. The molecule has 27 heavy (non-hydrogen) atoms. The van der Waals surface area contributed by atoms with E-state index in [0.717, 1.165) is 12.8 Å².